The SMILES string of the molecule is O=C(O)[C@H](CC1CCCC1)n1cc(CS(=O)[O-])cn1. The number of carbonyl (C=O) groups is 1. The summed E-state index contributed by atoms with van der Waals surface area (Å²) >= 11 is -2.18. The van der Waals surface area contributed by atoms with Gasteiger partial charge in [0.15, 0.2) is 0 Å². The van der Waals surface area contributed by atoms with Gasteiger partial charge in [0, 0.05) is 17.5 Å². The number of hydrogen-bond donors (Lipinski definition) is 1. The normalized spacial score (nSPS) is 19.4. The van der Waals surface area contributed by atoms with Crippen molar-refractivity contribution in [1.82, 2.24) is 9.78 Å². The van der Waals surface area contributed by atoms with Crippen LogP contribution in [0.3, 0.4) is 0 Å². The molecule has 2 rings (SSSR count). The largest absolute Gasteiger partial charge is 0.772 e. The van der Waals surface area contributed by atoms with E-state index in [1.165, 1.54) is 17.1 Å². The second kappa shape index (κ2) is 6.29. The first kappa shape index (κ1) is 14.2. The molecule has 0 saturated heterocycles. The topological polar surface area (TPSA) is 95.2 Å². The molecule has 6 nitrogen and oxygen atoms in total. The minimum atomic E-state index is -2.18. The lowest BCUT2D eigenvalue weighted by atomic mass is 9.98. The Morgan fingerprint density at radius 2 is 2.26 bits per heavy atom. The molecular weight excluding hydrogens is 268 g/mol. The van der Waals surface area contributed by atoms with Gasteiger partial charge in [-0.1, -0.05) is 36.8 Å². The van der Waals surface area contributed by atoms with Crippen LogP contribution in [0.5, 0.6) is 0 Å². The quantitative estimate of drug-likeness (QED) is 0.798. The summed E-state index contributed by atoms with van der Waals surface area (Å²) in [6.45, 7) is 0. The molecule has 106 valence electrons. The van der Waals surface area contributed by atoms with E-state index in [2.05, 4.69) is 5.10 Å². The number of nitrogens with zero attached hydrogens (tertiary/aromatic N) is 2. The van der Waals surface area contributed by atoms with Crippen LogP contribution in [-0.4, -0.2) is 29.6 Å². The molecule has 0 spiro atoms. The number of carboxylic acid groups (broad SMARTS) is 1. The lowest BCUT2D eigenvalue weighted by Gasteiger charge is -2.17. The molecule has 1 unspecified atom stereocenters. The molecule has 0 radical (unpaired) electrons. The minimum Gasteiger partial charge on any atom is -0.772 e. The Hall–Kier alpha value is -1.21. The Kier molecular flexibility index (Phi) is 4.71. The van der Waals surface area contributed by atoms with Crippen molar-refractivity contribution < 1.29 is 18.7 Å². The zero-order valence-corrected chi connectivity index (χ0v) is 11.3. The standard InChI is InChI=1S/C12H18N2O4S/c15-12(16)11(5-9-3-1-2-4-9)14-7-10(6-13-14)8-19(17)18/h6-7,9,11H,1-5,8H2,(H,15,16)(H,17,18)/p-1/t11-/m0/s1. The number of carboxylic acids is 1. The van der Waals surface area contributed by atoms with Crippen molar-refractivity contribution in [3.8, 4) is 0 Å². The number of hydrogen-bond acceptors (Lipinski definition) is 4. The Bertz CT molecular complexity index is 468. The van der Waals surface area contributed by atoms with Gasteiger partial charge in [-0.3, -0.25) is 8.89 Å². The first-order valence-electron chi connectivity index (χ1n) is 6.38. The molecule has 0 aliphatic heterocycles. The third kappa shape index (κ3) is 3.87. The van der Waals surface area contributed by atoms with Crippen molar-refractivity contribution in [3.05, 3.63) is 18.0 Å². The maximum absolute atomic E-state index is 11.3. The van der Waals surface area contributed by atoms with Gasteiger partial charge in [-0.15, -0.1) is 0 Å². The zero-order chi connectivity index (χ0) is 13.8. The molecule has 19 heavy (non-hydrogen) atoms. The van der Waals surface area contributed by atoms with Gasteiger partial charge in [0.1, 0.15) is 6.04 Å². The van der Waals surface area contributed by atoms with Gasteiger partial charge in [-0.05, 0) is 12.3 Å². The summed E-state index contributed by atoms with van der Waals surface area (Å²) in [5.41, 5.74) is 0.519. The summed E-state index contributed by atoms with van der Waals surface area (Å²) in [7, 11) is 0. The van der Waals surface area contributed by atoms with E-state index in [1.807, 2.05) is 0 Å². The molecule has 1 N–H and O–H groups in total. The van der Waals surface area contributed by atoms with Crippen LogP contribution in [0.4, 0.5) is 0 Å². The van der Waals surface area contributed by atoms with E-state index in [-0.39, 0.29) is 5.75 Å². The van der Waals surface area contributed by atoms with Crippen LogP contribution in [-0.2, 0) is 21.6 Å². The Labute approximate surface area is 114 Å². The average Bonchev–Trinajstić information content (AvgIpc) is 2.95. The summed E-state index contributed by atoms with van der Waals surface area (Å²) in [6, 6.07) is -0.697. The second-order valence-electron chi connectivity index (χ2n) is 5.02. The third-order valence-corrected chi connectivity index (χ3v) is 4.14. The third-order valence-electron chi connectivity index (χ3n) is 3.58. The van der Waals surface area contributed by atoms with Crippen molar-refractivity contribution in [2.24, 2.45) is 5.92 Å². The Morgan fingerprint density at radius 1 is 1.58 bits per heavy atom. The lowest BCUT2D eigenvalue weighted by Crippen LogP contribution is -2.22. The van der Waals surface area contributed by atoms with Crippen LogP contribution in [0.2, 0.25) is 0 Å². The van der Waals surface area contributed by atoms with Gasteiger partial charge < -0.3 is 9.66 Å². The van der Waals surface area contributed by atoms with Crippen LogP contribution >= 0.6 is 0 Å². The molecule has 7 heteroatoms. The molecular formula is C12H17N2O4S-. The highest BCUT2D eigenvalue weighted by Gasteiger charge is 2.26. The molecule has 2 atom stereocenters. The molecule has 0 aromatic carbocycles. The predicted molar refractivity (Wildman–Crippen MR) is 68.1 cm³/mol. The molecule has 1 aromatic heterocycles. The fourth-order valence-corrected chi connectivity index (χ4v) is 3.06. The predicted octanol–water partition coefficient (Wildman–Crippen LogP) is 1.47. The molecule has 1 aromatic rings. The Morgan fingerprint density at radius 3 is 2.84 bits per heavy atom. The number of aliphatic carboxylic acids is 1. The van der Waals surface area contributed by atoms with E-state index in [1.54, 1.807) is 0 Å². The lowest BCUT2D eigenvalue weighted by molar-refractivity contribution is -0.141. The van der Waals surface area contributed by atoms with Gasteiger partial charge in [-0.25, -0.2) is 4.79 Å². The summed E-state index contributed by atoms with van der Waals surface area (Å²) in [4.78, 5) is 11.3. The zero-order valence-electron chi connectivity index (χ0n) is 10.5. The van der Waals surface area contributed by atoms with Crippen LogP contribution in [0.15, 0.2) is 12.4 Å². The van der Waals surface area contributed by atoms with Gasteiger partial charge in [0.05, 0.1) is 6.20 Å². The van der Waals surface area contributed by atoms with E-state index in [0.29, 0.717) is 17.9 Å². The minimum absolute atomic E-state index is 0.129. The van der Waals surface area contributed by atoms with Crippen molar-refractivity contribution in [1.29, 1.82) is 0 Å². The van der Waals surface area contributed by atoms with E-state index in [4.69, 9.17) is 0 Å². The van der Waals surface area contributed by atoms with Crippen LogP contribution in [0, 0.1) is 5.92 Å². The fourth-order valence-electron chi connectivity index (χ4n) is 2.64. The van der Waals surface area contributed by atoms with Crippen LogP contribution < -0.4 is 0 Å². The molecule has 1 aliphatic rings. The first-order chi connectivity index (χ1) is 9.06. The van der Waals surface area contributed by atoms with Crippen molar-refractivity contribution in [2.75, 3.05) is 0 Å². The second-order valence-corrected chi connectivity index (χ2v) is 5.91. The van der Waals surface area contributed by atoms with E-state index in [0.717, 1.165) is 25.7 Å². The summed E-state index contributed by atoms with van der Waals surface area (Å²) in [6.07, 6.45) is 7.97. The molecule has 1 saturated carbocycles. The van der Waals surface area contributed by atoms with Crippen LogP contribution in [0.1, 0.15) is 43.7 Å². The van der Waals surface area contributed by atoms with Gasteiger partial charge >= 0.3 is 5.97 Å². The van der Waals surface area contributed by atoms with Crippen molar-refractivity contribution in [2.45, 2.75) is 43.9 Å². The smallest absolute Gasteiger partial charge is 0.328 e. The maximum Gasteiger partial charge on any atom is 0.328 e. The first-order valence-corrected chi connectivity index (χ1v) is 7.62. The molecule has 1 fully saturated rings. The van der Waals surface area contributed by atoms with Crippen LogP contribution in [0.25, 0.3) is 0 Å². The number of rotatable bonds is 6. The van der Waals surface area contributed by atoms with Crippen molar-refractivity contribution >= 4 is 17.0 Å². The van der Waals surface area contributed by atoms with E-state index < -0.39 is 23.1 Å². The fraction of sp³-hybridized carbons (Fsp3) is 0.667. The van der Waals surface area contributed by atoms with E-state index >= 15 is 0 Å². The maximum atomic E-state index is 11.3. The van der Waals surface area contributed by atoms with Crippen molar-refractivity contribution in [3.63, 3.8) is 0 Å². The summed E-state index contributed by atoms with van der Waals surface area (Å²) in [5, 5.41) is 13.3. The highest BCUT2D eigenvalue weighted by Crippen LogP contribution is 2.32. The van der Waals surface area contributed by atoms with Gasteiger partial charge in [-0.2, -0.15) is 5.10 Å². The molecule has 1 aliphatic carbocycles. The van der Waals surface area contributed by atoms with E-state index in [9.17, 15) is 18.7 Å². The summed E-state index contributed by atoms with van der Waals surface area (Å²) in [5.74, 6) is -0.609. The molecule has 0 amide bonds. The summed E-state index contributed by atoms with van der Waals surface area (Å²) < 4.78 is 22.6. The monoisotopic (exact) mass is 285 g/mol. The molecule has 1 heterocycles. The number of aromatic nitrogens is 2. The van der Waals surface area contributed by atoms with Gasteiger partial charge in [0.25, 0.3) is 0 Å². The Balaban J connectivity index is 2.07. The van der Waals surface area contributed by atoms with Gasteiger partial charge in [0.2, 0.25) is 0 Å². The highest BCUT2D eigenvalue weighted by atomic mass is 32.2. The molecule has 0 bridgehead atoms. The highest BCUT2D eigenvalue weighted by molar-refractivity contribution is 7.78. The average molecular weight is 285 g/mol.